The Morgan fingerprint density at radius 2 is 0.966 bits per heavy atom. The van der Waals surface area contributed by atoms with E-state index in [1.165, 1.54) is 0 Å². The molecular formula is C7H19DyN8O13+4. The third kappa shape index (κ3) is 40.8. The smallest absolute Gasteiger partial charge is 0.457 e. The predicted molar refractivity (Wildman–Crippen MR) is 93.4 cm³/mol. The van der Waals surface area contributed by atoms with Crippen LogP contribution in [0.1, 0.15) is 0 Å². The van der Waals surface area contributed by atoms with Crippen LogP contribution in [0.15, 0.2) is 56.6 Å². The molecule has 2 aliphatic heterocycles. The zero-order valence-electron chi connectivity index (χ0n) is 14.2. The van der Waals surface area contributed by atoms with Crippen molar-refractivity contribution >= 4 is 0 Å². The Kier molecular flexibility index (Phi) is 42.1. The number of hydrogen-bond acceptors (Lipinski definition) is 14. The summed E-state index contributed by atoms with van der Waals surface area (Å²) in [4.78, 5) is 26.7. The summed E-state index contributed by atoms with van der Waals surface area (Å²) in [6.45, 7) is 0. The van der Waals surface area contributed by atoms with Gasteiger partial charge in [-0.15, -0.1) is 10.2 Å². The van der Waals surface area contributed by atoms with Gasteiger partial charge in [0.25, 0.3) is 0 Å². The number of rotatable bonds is 0. The summed E-state index contributed by atoms with van der Waals surface area (Å²) in [6.07, 6.45) is 7.68. The maximum absolute atomic E-state index is 8.25. The van der Waals surface area contributed by atoms with Crippen LogP contribution in [0.3, 0.4) is 0 Å². The molecule has 0 fully saturated rings. The third-order valence-corrected chi connectivity index (χ3v) is 1.56. The summed E-state index contributed by atoms with van der Waals surface area (Å²) < 4.78 is 0. The van der Waals surface area contributed by atoms with Gasteiger partial charge >= 0.3 is 38.2 Å². The molecule has 1 radical (unpaired) electrons. The van der Waals surface area contributed by atoms with Gasteiger partial charge in [-0.3, -0.25) is 0 Å². The standard InChI is InChI=1S/C7H7N5.Dy.3NO3.4H2O/c1-12-4-2-6(3-5-12)7-8-10-11-9-7;;3*2-1(3)4;;;;/h2-5H,1H3;;;;;4*1H2/q;+3;3*-1;;;;/p+4. The van der Waals surface area contributed by atoms with Crippen molar-refractivity contribution in [2.45, 2.75) is 0 Å². The minimum Gasteiger partial charge on any atom is -0.457 e. The molecule has 2 rings (SSSR count). The molecule has 0 amide bonds. The van der Waals surface area contributed by atoms with Crippen molar-refractivity contribution in [1.29, 1.82) is 0 Å². The average molecular weight is 586 g/mol. The Labute approximate surface area is 189 Å². The van der Waals surface area contributed by atoms with Gasteiger partial charge in [0, 0.05) is 25.0 Å². The third-order valence-electron chi connectivity index (χ3n) is 1.56. The van der Waals surface area contributed by atoms with Gasteiger partial charge in [-0.05, 0) is 22.6 Å². The average Bonchev–Trinajstić information content (AvgIpc) is 2.91. The van der Waals surface area contributed by atoms with Crippen LogP contribution < -0.4 is 0 Å². The van der Waals surface area contributed by atoms with Crippen molar-refractivity contribution in [2.75, 3.05) is 7.05 Å². The molecule has 171 valence electrons. The number of hydrogen-bond donors (Lipinski definition) is 0. The van der Waals surface area contributed by atoms with Crippen molar-refractivity contribution in [2.24, 2.45) is 20.7 Å². The molecule has 22 heteroatoms. The van der Waals surface area contributed by atoms with E-state index in [0.29, 0.717) is 5.82 Å². The van der Waals surface area contributed by atoms with E-state index in [-0.39, 0.29) is 60.1 Å². The summed E-state index contributed by atoms with van der Waals surface area (Å²) in [7, 11) is 1.95. The molecule has 29 heavy (non-hydrogen) atoms. The first-order valence-corrected chi connectivity index (χ1v) is 5.15. The summed E-state index contributed by atoms with van der Waals surface area (Å²) in [5, 5.41) is 58.5. The largest absolute Gasteiger partial charge is 3.00 e. The van der Waals surface area contributed by atoms with Crippen LogP contribution in [-0.2, 0) is 21.9 Å². The quantitative estimate of drug-likeness (QED) is 0.164. The Bertz CT molecular complexity index is 535. The van der Waals surface area contributed by atoms with Gasteiger partial charge in [0.1, 0.15) is 0 Å². The molecule has 0 saturated heterocycles. The van der Waals surface area contributed by atoms with Crippen molar-refractivity contribution in [3.63, 3.8) is 0 Å². The SMILES string of the molecule is CN1C=CC(=C2N=NN=N2)C=C1.O=[N+]([O-])[O-].O=[N+]([O-])[O-].O=[N+]([O-])[O-].[Dy+3].[OH3+].[OH3+].[OH3+].[OH3+]. The van der Waals surface area contributed by atoms with Gasteiger partial charge in [0.15, 0.2) is 0 Å². The Balaban J connectivity index is -0.0000000495. The molecule has 0 atom stereocenters. The summed E-state index contributed by atoms with van der Waals surface area (Å²) in [5.74, 6) is 0.565. The number of nitrogens with zero attached hydrogens (tertiary/aromatic N) is 8. The van der Waals surface area contributed by atoms with Gasteiger partial charge in [0.05, 0.1) is 15.3 Å². The van der Waals surface area contributed by atoms with Gasteiger partial charge in [-0.25, -0.2) is 0 Å². The van der Waals surface area contributed by atoms with Gasteiger partial charge in [-0.1, -0.05) is 0 Å². The van der Waals surface area contributed by atoms with Crippen molar-refractivity contribution in [3.05, 3.63) is 81.9 Å². The molecule has 2 aliphatic rings. The van der Waals surface area contributed by atoms with E-state index in [1.807, 2.05) is 36.5 Å². The van der Waals surface area contributed by atoms with E-state index >= 15 is 0 Å². The monoisotopic (exact) mass is 587 g/mol. The van der Waals surface area contributed by atoms with Crippen LogP contribution in [0.2, 0.25) is 0 Å². The fourth-order valence-electron chi connectivity index (χ4n) is 0.910. The molecule has 0 aromatic carbocycles. The maximum atomic E-state index is 8.25. The van der Waals surface area contributed by atoms with E-state index in [1.54, 1.807) is 0 Å². The Morgan fingerprint density at radius 3 is 1.21 bits per heavy atom. The van der Waals surface area contributed by atoms with Crippen LogP contribution in [0.5, 0.6) is 0 Å². The first-order valence-electron chi connectivity index (χ1n) is 5.15. The Hall–Kier alpha value is -3.07. The zero-order chi connectivity index (χ0) is 19.1. The maximum Gasteiger partial charge on any atom is 3.00 e. The molecule has 12 N–H and O–H groups in total. The van der Waals surface area contributed by atoms with E-state index in [9.17, 15) is 0 Å². The minimum absolute atomic E-state index is 0. The summed E-state index contributed by atoms with van der Waals surface area (Å²) in [5.41, 5.74) is 0.929. The second-order valence-electron chi connectivity index (χ2n) is 3.13. The first kappa shape index (κ1) is 45.0. The summed E-state index contributed by atoms with van der Waals surface area (Å²) in [6, 6.07) is 0. The molecule has 0 bridgehead atoms. The molecular weight excluding hydrogens is 567 g/mol. The van der Waals surface area contributed by atoms with Crippen molar-refractivity contribution < 1.29 is 75.3 Å². The topological polar surface area (TPSA) is 383 Å². The van der Waals surface area contributed by atoms with E-state index in [2.05, 4.69) is 20.7 Å². The van der Waals surface area contributed by atoms with Crippen molar-refractivity contribution in [1.82, 2.24) is 4.90 Å². The molecule has 0 saturated carbocycles. The normalized spacial score (nSPS) is 10.7. The molecule has 0 aromatic heterocycles. The van der Waals surface area contributed by atoms with Crippen LogP contribution in [0, 0.1) is 84.1 Å². The van der Waals surface area contributed by atoms with Crippen LogP contribution in [-0.4, -0.2) is 27.2 Å². The molecule has 0 aromatic rings. The molecule has 2 heterocycles. The fourth-order valence-corrected chi connectivity index (χ4v) is 0.910. The second-order valence-corrected chi connectivity index (χ2v) is 3.13. The van der Waals surface area contributed by atoms with E-state index < -0.39 is 15.3 Å². The molecule has 21 nitrogen and oxygen atoms in total. The van der Waals surface area contributed by atoms with E-state index in [4.69, 9.17) is 46.0 Å². The Morgan fingerprint density at radius 1 is 0.724 bits per heavy atom. The predicted octanol–water partition coefficient (Wildman–Crippen LogP) is -2.40. The molecule has 0 unspecified atom stereocenters. The first-order chi connectivity index (χ1) is 11.1. The second kappa shape index (κ2) is 27.2. The number of allylic oxidation sites excluding steroid dienone is 3. The van der Waals surface area contributed by atoms with Gasteiger partial charge < -0.3 is 72.8 Å². The van der Waals surface area contributed by atoms with Crippen molar-refractivity contribution in [3.8, 4) is 0 Å². The van der Waals surface area contributed by atoms with Gasteiger partial charge in [0.2, 0.25) is 5.82 Å². The van der Waals surface area contributed by atoms with E-state index in [0.717, 1.165) is 5.57 Å². The zero-order valence-corrected chi connectivity index (χ0v) is 16.2. The molecule has 0 spiro atoms. The summed E-state index contributed by atoms with van der Waals surface area (Å²) >= 11 is 0. The minimum atomic E-state index is -1.75. The molecule has 0 aliphatic carbocycles. The van der Waals surface area contributed by atoms with Crippen LogP contribution in [0.4, 0.5) is 0 Å². The fraction of sp³-hybridized carbons (Fsp3) is 0.143. The van der Waals surface area contributed by atoms with Crippen LogP contribution in [0.25, 0.3) is 0 Å². The van der Waals surface area contributed by atoms with Gasteiger partial charge in [-0.2, -0.15) is 0 Å². The van der Waals surface area contributed by atoms with Crippen LogP contribution >= 0.6 is 0 Å².